The first kappa shape index (κ1) is 7.84. The third-order valence-electron chi connectivity index (χ3n) is 3.15. The number of nitrogens with zero attached hydrogens (tertiary/aromatic N) is 1. The fourth-order valence-electron chi connectivity index (χ4n) is 2.26. The molecule has 0 aromatic carbocycles. The lowest BCUT2D eigenvalue weighted by atomic mass is 9.81. The Labute approximate surface area is 73.2 Å². The Morgan fingerprint density at radius 3 is 2.67 bits per heavy atom. The molecule has 2 heteroatoms. The van der Waals surface area contributed by atoms with Gasteiger partial charge in [0.05, 0.1) is 0 Å². The van der Waals surface area contributed by atoms with Crippen LogP contribution in [0.25, 0.3) is 0 Å². The molecule has 2 rings (SSSR count). The van der Waals surface area contributed by atoms with E-state index in [0.29, 0.717) is 0 Å². The molecule has 1 spiro atoms. The summed E-state index contributed by atoms with van der Waals surface area (Å²) in [6, 6.07) is 0. The zero-order chi connectivity index (χ0) is 8.60. The molecule has 66 valence electrons. The highest BCUT2D eigenvalue weighted by atomic mass is 16.2. The van der Waals surface area contributed by atoms with Gasteiger partial charge >= 0.3 is 0 Å². The van der Waals surface area contributed by atoms with E-state index in [2.05, 4.69) is 6.08 Å². The van der Waals surface area contributed by atoms with Crippen molar-refractivity contribution in [3.8, 4) is 0 Å². The minimum Gasteiger partial charge on any atom is -0.322 e. The Morgan fingerprint density at radius 1 is 1.42 bits per heavy atom. The average Bonchev–Trinajstić information content (AvgIpc) is 2.47. The number of carbonyl (C=O) groups excluding carboxylic acids is 1. The molecule has 0 bridgehead atoms. The second-order valence-electron chi connectivity index (χ2n) is 4.07. The van der Waals surface area contributed by atoms with Gasteiger partial charge in [-0.25, -0.2) is 0 Å². The predicted molar refractivity (Wildman–Crippen MR) is 47.4 cm³/mol. The maximum Gasteiger partial charge on any atom is 0.227 e. The number of allylic oxidation sites excluding steroid dienone is 1. The lowest BCUT2D eigenvalue weighted by Gasteiger charge is -2.31. The van der Waals surface area contributed by atoms with Crippen LogP contribution in [0.3, 0.4) is 0 Å². The minimum absolute atomic E-state index is 0.254. The molecule has 1 saturated carbocycles. The molecule has 0 aromatic heterocycles. The summed E-state index contributed by atoms with van der Waals surface area (Å²) in [4.78, 5) is 13.1. The van der Waals surface area contributed by atoms with Crippen LogP contribution in [0.15, 0.2) is 12.3 Å². The van der Waals surface area contributed by atoms with Crippen LogP contribution in [-0.2, 0) is 4.79 Å². The van der Waals surface area contributed by atoms with Gasteiger partial charge in [0, 0.05) is 19.7 Å². The van der Waals surface area contributed by atoms with E-state index >= 15 is 0 Å². The number of rotatable bonds is 0. The van der Waals surface area contributed by atoms with Crippen LogP contribution in [0.5, 0.6) is 0 Å². The largest absolute Gasteiger partial charge is 0.322 e. The summed E-state index contributed by atoms with van der Waals surface area (Å²) in [6.07, 6.45) is 9.92. The van der Waals surface area contributed by atoms with Gasteiger partial charge in [0.2, 0.25) is 5.91 Å². The summed E-state index contributed by atoms with van der Waals surface area (Å²) in [5.74, 6) is 0.277. The van der Waals surface area contributed by atoms with Crippen LogP contribution in [0, 0.1) is 5.41 Å². The molecule has 0 radical (unpaired) electrons. The topological polar surface area (TPSA) is 20.3 Å². The monoisotopic (exact) mass is 165 g/mol. The van der Waals surface area contributed by atoms with Crippen molar-refractivity contribution in [2.75, 3.05) is 7.05 Å². The van der Waals surface area contributed by atoms with Gasteiger partial charge in [-0.05, 0) is 18.3 Å². The first-order valence-electron chi connectivity index (χ1n) is 4.67. The molecule has 2 nitrogen and oxygen atoms in total. The fourth-order valence-corrected chi connectivity index (χ4v) is 2.26. The minimum atomic E-state index is 0.254. The van der Waals surface area contributed by atoms with Crippen molar-refractivity contribution in [2.45, 2.75) is 32.1 Å². The first-order valence-corrected chi connectivity index (χ1v) is 4.67. The molecular formula is C10H15NO. The van der Waals surface area contributed by atoms with Crippen LogP contribution >= 0.6 is 0 Å². The van der Waals surface area contributed by atoms with E-state index in [1.807, 2.05) is 13.2 Å². The molecule has 1 fully saturated rings. The Kier molecular flexibility index (Phi) is 1.71. The first-order chi connectivity index (χ1) is 5.72. The molecule has 1 amide bonds. The maximum atomic E-state index is 11.4. The Morgan fingerprint density at radius 2 is 2.08 bits per heavy atom. The molecule has 2 aliphatic rings. The molecule has 1 aliphatic heterocycles. The van der Waals surface area contributed by atoms with Gasteiger partial charge in [0.1, 0.15) is 0 Å². The van der Waals surface area contributed by atoms with Gasteiger partial charge in [-0.2, -0.15) is 0 Å². The van der Waals surface area contributed by atoms with Crippen LogP contribution in [0.2, 0.25) is 0 Å². The van der Waals surface area contributed by atoms with Crippen LogP contribution in [-0.4, -0.2) is 17.9 Å². The lowest BCUT2D eigenvalue weighted by molar-refractivity contribution is -0.130. The predicted octanol–water partition coefficient (Wildman–Crippen LogP) is 1.92. The number of carbonyl (C=O) groups is 1. The average molecular weight is 165 g/mol. The summed E-state index contributed by atoms with van der Waals surface area (Å²) in [5, 5.41) is 0. The van der Waals surface area contributed by atoms with Crippen LogP contribution in [0.4, 0.5) is 0 Å². The van der Waals surface area contributed by atoms with Gasteiger partial charge in [0.25, 0.3) is 0 Å². The van der Waals surface area contributed by atoms with Gasteiger partial charge in [-0.3, -0.25) is 4.79 Å². The van der Waals surface area contributed by atoms with Gasteiger partial charge in [-0.1, -0.05) is 18.9 Å². The Hall–Kier alpha value is -0.790. The van der Waals surface area contributed by atoms with Crippen molar-refractivity contribution >= 4 is 5.91 Å². The Bertz CT molecular complexity index is 226. The highest BCUT2D eigenvalue weighted by molar-refractivity contribution is 5.79. The van der Waals surface area contributed by atoms with E-state index in [0.717, 1.165) is 6.42 Å². The smallest absolute Gasteiger partial charge is 0.227 e. The number of amides is 1. The van der Waals surface area contributed by atoms with Gasteiger partial charge in [0.15, 0.2) is 0 Å². The number of hydrogen-bond donors (Lipinski definition) is 0. The summed E-state index contributed by atoms with van der Waals surface area (Å²) in [6.45, 7) is 0. The molecular weight excluding hydrogens is 150 g/mol. The summed E-state index contributed by atoms with van der Waals surface area (Å²) in [5.41, 5.74) is 0.254. The molecule has 12 heavy (non-hydrogen) atoms. The quantitative estimate of drug-likeness (QED) is 0.537. The third kappa shape index (κ3) is 1.15. The molecule has 0 unspecified atom stereocenters. The lowest BCUT2D eigenvalue weighted by Crippen LogP contribution is -2.32. The highest BCUT2D eigenvalue weighted by Gasteiger charge is 2.36. The molecule has 0 aromatic rings. The zero-order valence-corrected chi connectivity index (χ0v) is 7.55. The van der Waals surface area contributed by atoms with Gasteiger partial charge in [-0.15, -0.1) is 0 Å². The van der Waals surface area contributed by atoms with E-state index in [1.54, 1.807) is 4.90 Å². The van der Waals surface area contributed by atoms with Crippen LogP contribution in [0.1, 0.15) is 32.1 Å². The normalized spacial score (nSPS) is 27.1. The third-order valence-corrected chi connectivity index (χ3v) is 3.15. The fraction of sp³-hybridized carbons (Fsp3) is 0.700. The number of hydrogen-bond acceptors (Lipinski definition) is 1. The van der Waals surface area contributed by atoms with E-state index < -0.39 is 0 Å². The van der Waals surface area contributed by atoms with Crippen molar-refractivity contribution in [1.82, 2.24) is 4.90 Å². The summed E-state index contributed by atoms with van der Waals surface area (Å²) >= 11 is 0. The standard InChI is InChI=1S/C10H15NO/c1-11-7-6-10(8-9(11)12)4-2-3-5-10/h6-7H,2-5,8H2,1H3. The SMILES string of the molecule is CN1C=CC2(CCCC2)CC1=O. The molecule has 1 aliphatic carbocycles. The van der Waals surface area contributed by atoms with Crippen molar-refractivity contribution in [3.05, 3.63) is 12.3 Å². The van der Waals surface area contributed by atoms with Crippen LogP contribution < -0.4 is 0 Å². The summed E-state index contributed by atoms with van der Waals surface area (Å²) in [7, 11) is 1.83. The van der Waals surface area contributed by atoms with E-state index in [-0.39, 0.29) is 11.3 Å². The van der Waals surface area contributed by atoms with Gasteiger partial charge < -0.3 is 4.90 Å². The zero-order valence-electron chi connectivity index (χ0n) is 7.55. The van der Waals surface area contributed by atoms with Crippen molar-refractivity contribution in [3.63, 3.8) is 0 Å². The maximum absolute atomic E-state index is 11.4. The van der Waals surface area contributed by atoms with E-state index in [4.69, 9.17) is 0 Å². The Balaban J connectivity index is 2.19. The molecule has 0 saturated heterocycles. The molecule has 0 N–H and O–H groups in total. The highest BCUT2D eigenvalue weighted by Crippen LogP contribution is 2.44. The second kappa shape index (κ2) is 2.61. The molecule has 1 heterocycles. The van der Waals surface area contributed by atoms with E-state index in [9.17, 15) is 4.79 Å². The van der Waals surface area contributed by atoms with E-state index in [1.165, 1.54) is 25.7 Å². The van der Waals surface area contributed by atoms with Crippen molar-refractivity contribution < 1.29 is 4.79 Å². The second-order valence-corrected chi connectivity index (χ2v) is 4.07. The van der Waals surface area contributed by atoms with Crippen molar-refractivity contribution in [1.29, 1.82) is 0 Å². The van der Waals surface area contributed by atoms with Crippen molar-refractivity contribution in [2.24, 2.45) is 5.41 Å². The molecule has 0 atom stereocenters. The summed E-state index contributed by atoms with van der Waals surface area (Å²) < 4.78 is 0.